The lowest BCUT2D eigenvalue weighted by Gasteiger charge is -2.49. The van der Waals surface area contributed by atoms with Gasteiger partial charge < -0.3 is 13.8 Å². The van der Waals surface area contributed by atoms with Gasteiger partial charge in [0.05, 0.1) is 12.5 Å². The van der Waals surface area contributed by atoms with Gasteiger partial charge >= 0.3 is 21.6 Å². The third-order valence-corrected chi connectivity index (χ3v) is 6.89. The predicted octanol–water partition coefficient (Wildman–Crippen LogP) is 2.27. The number of fused-ring (bicyclic) bond motifs is 1. The number of methoxy groups -OCH3 is 1. The Morgan fingerprint density at radius 2 is 1.82 bits per heavy atom. The summed E-state index contributed by atoms with van der Waals surface area (Å²) in [5, 5.41) is 0. The molecule has 0 bridgehead atoms. The molecule has 0 radical (unpaired) electrons. The van der Waals surface area contributed by atoms with E-state index in [9.17, 15) is 26.4 Å². The molecule has 4 rings (SSSR count). The molecule has 1 aliphatic heterocycles. The van der Waals surface area contributed by atoms with Crippen molar-refractivity contribution in [1.29, 1.82) is 0 Å². The fourth-order valence-corrected chi connectivity index (χ4v) is 4.95. The normalized spacial score (nSPS) is 22.4. The second-order valence-electron chi connectivity index (χ2n) is 8.18. The quantitative estimate of drug-likeness (QED) is 0.414. The van der Waals surface area contributed by atoms with Gasteiger partial charge in [0.2, 0.25) is 0 Å². The van der Waals surface area contributed by atoms with Crippen LogP contribution in [-0.2, 0) is 32.5 Å². The molecule has 1 saturated carbocycles. The van der Waals surface area contributed by atoms with Gasteiger partial charge in [-0.25, -0.2) is 0 Å². The van der Waals surface area contributed by atoms with Gasteiger partial charge in [0.15, 0.2) is 0 Å². The Hall–Kier alpha value is -1.81. The molecular formula is C18H20F3NO5S. The van der Waals surface area contributed by atoms with Crippen LogP contribution in [0.25, 0.3) is 0 Å². The highest BCUT2D eigenvalue weighted by Crippen LogP contribution is 2.51. The zero-order valence-corrected chi connectivity index (χ0v) is 16.0. The first kappa shape index (κ1) is 19.5. The fourth-order valence-electron chi connectivity index (χ4n) is 4.50. The molecule has 3 aliphatic rings. The Morgan fingerprint density at radius 1 is 1.18 bits per heavy atom. The number of ether oxygens (including phenoxy) is 1. The van der Waals surface area contributed by atoms with E-state index in [4.69, 9.17) is 4.74 Å². The monoisotopic (exact) mass is 419 g/mol. The number of hydrogen-bond acceptors (Lipinski definition) is 6. The molecule has 154 valence electrons. The number of hydrogen-bond donors (Lipinski definition) is 0. The summed E-state index contributed by atoms with van der Waals surface area (Å²) in [5.41, 5.74) is -4.06. The van der Waals surface area contributed by atoms with Crippen molar-refractivity contribution in [3.8, 4) is 5.75 Å². The van der Waals surface area contributed by atoms with Crippen molar-refractivity contribution >= 4 is 16.1 Å². The lowest BCUT2D eigenvalue weighted by molar-refractivity contribution is -0.149. The maximum atomic E-state index is 12.5. The topological polar surface area (TPSA) is 72.9 Å². The first-order chi connectivity index (χ1) is 13.0. The van der Waals surface area contributed by atoms with Crippen LogP contribution in [0.3, 0.4) is 0 Å². The van der Waals surface area contributed by atoms with E-state index in [1.165, 1.54) is 19.2 Å². The van der Waals surface area contributed by atoms with E-state index in [1.807, 2.05) is 0 Å². The number of alkyl halides is 3. The van der Waals surface area contributed by atoms with E-state index in [1.54, 1.807) is 6.07 Å². The lowest BCUT2D eigenvalue weighted by atomic mass is 9.76. The molecule has 2 aliphatic carbocycles. The highest BCUT2D eigenvalue weighted by molar-refractivity contribution is 7.88. The molecule has 1 heterocycles. The van der Waals surface area contributed by atoms with Crippen molar-refractivity contribution in [2.24, 2.45) is 10.8 Å². The van der Waals surface area contributed by atoms with Crippen LogP contribution in [0.1, 0.15) is 24.0 Å². The summed E-state index contributed by atoms with van der Waals surface area (Å²) in [7, 11) is -4.28. The molecule has 6 nitrogen and oxygen atoms in total. The standard InChI is InChI=1S/C18H20F3NO5S/c1-26-15(23)17(4-5-17)11-22-9-16(10-22)7-12-2-3-14(6-13(12)8-16)27-28(24,25)18(19,20)21/h2-3,6H,4-5,7-11H2,1H3. The smallest absolute Gasteiger partial charge is 0.469 e. The van der Waals surface area contributed by atoms with E-state index in [0.717, 1.165) is 43.5 Å². The Kier molecular flexibility index (Phi) is 4.24. The molecule has 10 heteroatoms. The van der Waals surface area contributed by atoms with Gasteiger partial charge in [-0.3, -0.25) is 4.79 Å². The number of rotatable bonds is 5. The van der Waals surface area contributed by atoms with Crippen LogP contribution >= 0.6 is 0 Å². The van der Waals surface area contributed by atoms with Gasteiger partial charge in [-0.2, -0.15) is 21.6 Å². The Bertz CT molecular complexity index is 918. The molecule has 2 fully saturated rings. The van der Waals surface area contributed by atoms with Crippen molar-refractivity contribution < 1.29 is 35.3 Å². The molecule has 1 spiro atoms. The second kappa shape index (κ2) is 6.09. The zero-order chi connectivity index (χ0) is 20.4. The first-order valence-electron chi connectivity index (χ1n) is 8.91. The number of benzene rings is 1. The number of likely N-dealkylation sites (tertiary alicyclic amines) is 1. The third-order valence-electron chi connectivity index (χ3n) is 5.91. The van der Waals surface area contributed by atoms with Crippen LogP contribution in [0.4, 0.5) is 13.2 Å². The van der Waals surface area contributed by atoms with Gasteiger partial charge in [-0.15, -0.1) is 0 Å². The van der Waals surface area contributed by atoms with Crippen LogP contribution in [-0.4, -0.2) is 51.5 Å². The number of carbonyl (C=O) groups is 1. The fraction of sp³-hybridized carbons (Fsp3) is 0.611. The largest absolute Gasteiger partial charge is 0.534 e. The molecule has 0 amide bonds. The summed E-state index contributed by atoms with van der Waals surface area (Å²) in [6.07, 6.45) is 3.08. The minimum absolute atomic E-state index is 0.0178. The molecular weight excluding hydrogens is 399 g/mol. The van der Waals surface area contributed by atoms with Crippen molar-refractivity contribution in [2.75, 3.05) is 26.7 Å². The summed E-state index contributed by atoms with van der Waals surface area (Å²) >= 11 is 0. The molecule has 1 aromatic rings. The lowest BCUT2D eigenvalue weighted by Crippen LogP contribution is -2.58. The second-order valence-corrected chi connectivity index (χ2v) is 9.72. The van der Waals surface area contributed by atoms with Crippen molar-refractivity contribution in [2.45, 2.75) is 31.2 Å². The average molecular weight is 419 g/mol. The van der Waals surface area contributed by atoms with Crippen LogP contribution in [0, 0.1) is 10.8 Å². The highest BCUT2D eigenvalue weighted by Gasteiger charge is 2.56. The summed E-state index contributed by atoms with van der Waals surface area (Å²) in [4.78, 5) is 14.1. The highest BCUT2D eigenvalue weighted by atomic mass is 32.2. The minimum atomic E-state index is -5.67. The molecule has 1 saturated heterocycles. The Balaban J connectivity index is 1.40. The van der Waals surface area contributed by atoms with Gasteiger partial charge in [0.1, 0.15) is 5.75 Å². The third kappa shape index (κ3) is 3.26. The molecule has 0 atom stereocenters. The predicted molar refractivity (Wildman–Crippen MR) is 92.0 cm³/mol. The van der Waals surface area contributed by atoms with Crippen LogP contribution in [0.5, 0.6) is 5.75 Å². The van der Waals surface area contributed by atoms with Crippen LogP contribution < -0.4 is 4.18 Å². The van der Waals surface area contributed by atoms with Crippen molar-refractivity contribution in [3.05, 3.63) is 29.3 Å². The van der Waals surface area contributed by atoms with Crippen LogP contribution in [0.15, 0.2) is 18.2 Å². The number of nitrogens with zero attached hydrogens (tertiary/aromatic N) is 1. The molecule has 1 aromatic carbocycles. The van der Waals surface area contributed by atoms with Crippen LogP contribution in [0.2, 0.25) is 0 Å². The Morgan fingerprint density at radius 3 is 2.39 bits per heavy atom. The average Bonchev–Trinajstić information content (AvgIpc) is 3.24. The molecule has 0 N–H and O–H groups in total. The van der Waals surface area contributed by atoms with E-state index in [2.05, 4.69) is 9.08 Å². The number of esters is 1. The molecule has 0 unspecified atom stereocenters. The van der Waals surface area contributed by atoms with E-state index in [0.29, 0.717) is 13.0 Å². The minimum Gasteiger partial charge on any atom is -0.469 e. The summed E-state index contributed by atoms with van der Waals surface area (Å²) in [6.45, 7) is 2.24. The van der Waals surface area contributed by atoms with Gasteiger partial charge in [0, 0.05) is 25.0 Å². The zero-order valence-electron chi connectivity index (χ0n) is 15.2. The van der Waals surface area contributed by atoms with Gasteiger partial charge in [-0.1, -0.05) is 6.07 Å². The SMILES string of the molecule is COC(=O)C1(CN2CC3(Cc4ccc(OS(=O)(=O)C(F)(F)F)cc4C3)C2)CC1. The summed E-state index contributed by atoms with van der Waals surface area (Å²) in [6, 6.07) is 4.27. The van der Waals surface area contributed by atoms with E-state index >= 15 is 0 Å². The molecule has 0 aromatic heterocycles. The molecule has 28 heavy (non-hydrogen) atoms. The van der Waals surface area contributed by atoms with Gasteiger partial charge in [-0.05, 0) is 48.9 Å². The Labute approximate surface area is 160 Å². The van der Waals surface area contributed by atoms with Gasteiger partial charge in [0.25, 0.3) is 0 Å². The first-order valence-corrected chi connectivity index (χ1v) is 10.3. The summed E-state index contributed by atoms with van der Waals surface area (Å²) < 4.78 is 69.0. The maximum Gasteiger partial charge on any atom is 0.534 e. The van der Waals surface area contributed by atoms with E-state index < -0.39 is 15.6 Å². The number of carbonyl (C=O) groups excluding carboxylic acids is 1. The maximum absolute atomic E-state index is 12.5. The number of halogens is 3. The summed E-state index contributed by atoms with van der Waals surface area (Å²) in [5.74, 6) is -0.497. The van der Waals surface area contributed by atoms with E-state index in [-0.39, 0.29) is 22.5 Å². The van der Waals surface area contributed by atoms with Crippen molar-refractivity contribution in [1.82, 2.24) is 4.90 Å². The van der Waals surface area contributed by atoms with Crippen molar-refractivity contribution in [3.63, 3.8) is 0 Å².